The van der Waals surface area contributed by atoms with Gasteiger partial charge in [-0.1, -0.05) is 35.9 Å². The Bertz CT molecular complexity index is 1200. The van der Waals surface area contributed by atoms with Crippen LogP contribution in [0.3, 0.4) is 0 Å². The first kappa shape index (κ1) is 22.3. The number of sulfonamides is 1. The van der Waals surface area contributed by atoms with Crippen LogP contribution in [0.4, 0.5) is 5.69 Å². The van der Waals surface area contributed by atoms with Gasteiger partial charge in [0, 0.05) is 6.07 Å². The van der Waals surface area contributed by atoms with E-state index in [0.717, 1.165) is 10.4 Å². The van der Waals surface area contributed by atoms with Gasteiger partial charge in [0.1, 0.15) is 6.20 Å². The minimum atomic E-state index is -4.03. The Labute approximate surface area is 184 Å². The summed E-state index contributed by atoms with van der Waals surface area (Å²) in [6.45, 7) is 3.24. The van der Waals surface area contributed by atoms with E-state index in [1.807, 2.05) is 0 Å². The molecule has 2 aromatic carbocycles. The Morgan fingerprint density at radius 3 is 2.65 bits per heavy atom. The van der Waals surface area contributed by atoms with Gasteiger partial charge in [-0.05, 0) is 35.3 Å². The monoisotopic (exact) mass is 459 g/mol. The van der Waals surface area contributed by atoms with Crippen LogP contribution in [0.1, 0.15) is 16.2 Å². The van der Waals surface area contributed by atoms with Gasteiger partial charge in [0.25, 0.3) is 10.0 Å². The highest BCUT2D eigenvalue weighted by atomic mass is 35.5. The molecule has 1 heterocycles. The van der Waals surface area contributed by atoms with Gasteiger partial charge >= 0.3 is 11.8 Å². The molecule has 0 aliphatic carbocycles. The summed E-state index contributed by atoms with van der Waals surface area (Å²) in [6.07, 6.45) is 4.06. The lowest BCUT2D eigenvalue weighted by Crippen LogP contribution is -2.33. The van der Waals surface area contributed by atoms with Crippen molar-refractivity contribution in [1.82, 2.24) is 4.98 Å². The average molecular weight is 460 g/mol. The van der Waals surface area contributed by atoms with Crippen molar-refractivity contribution in [3.63, 3.8) is 0 Å². The number of para-hydroxylation sites is 1. The number of carbonyl (C=O) groups excluding carboxylic acids is 1. The standard InChI is InChI=1S/C21H18ClN3O5S/c1-2-12-25(16-7-4-3-5-8-16)31(28,29)17-9-10-19(22)18(14-17)21(26)30-15-20-23-11-6-13-24(20)27/h2-11,13-14H,1,12,15H2. The third-order valence-electron chi connectivity index (χ3n) is 4.20. The number of ether oxygens (including phenoxy) is 1. The molecule has 10 heteroatoms. The molecule has 0 radical (unpaired) electrons. The van der Waals surface area contributed by atoms with Crippen LogP contribution in [0, 0.1) is 5.21 Å². The molecule has 0 unspecified atom stereocenters. The van der Waals surface area contributed by atoms with Crippen LogP contribution in [0.25, 0.3) is 0 Å². The fourth-order valence-corrected chi connectivity index (χ4v) is 4.36. The second kappa shape index (κ2) is 9.59. The Morgan fingerprint density at radius 1 is 1.23 bits per heavy atom. The fourth-order valence-electron chi connectivity index (χ4n) is 2.70. The molecule has 8 nitrogen and oxygen atoms in total. The number of rotatable bonds is 8. The second-order valence-electron chi connectivity index (χ2n) is 6.24. The normalized spacial score (nSPS) is 11.0. The van der Waals surface area contributed by atoms with Crippen molar-refractivity contribution in [2.45, 2.75) is 11.5 Å². The molecule has 0 aliphatic heterocycles. The molecule has 0 fully saturated rings. The quantitative estimate of drug-likeness (QED) is 0.222. The SMILES string of the molecule is C=CCN(c1ccccc1)S(=O)(=O)c1ccc(Cl)c(C(=O)OCc2nccc[n+]2[O-])c1. The third kappa shape index (κ3) is 5.01. The molecule has 1 aromatic heterocycles. The molecule has 3 rings (SSSR count). The van der Waals surface area contributed by atoms with Crippen LogP contribution in [0.5, 0.6) is 0 Å². The number of aromatic nitrogens is 2. The summed E-state index contributed by atoms with van der Waals surface area (Å²) in [4.78, 5) is 16.2. The Morgan fingerprint density at radius 2 is 1.97 bits per heavy atom. The highest BCUT2D eigenvalue weighted by Gasteiger charge is 2.26. The van der Waals surface area contributed by atoms with E-state index >= 15 is 0 Å². The molecule has 160 valence electrons. The predicted molar refractivity (Wildman–Crippen MR) is 115 cm³/mol. The van der Waals surface area contributed by atoms with Gasteiger partial charge in [-0.2, -0.15) is 0 Å². The topological polar surface area (TPSA) is 104 Å². The number of hydrogen-bond donors (Lipinski definition) is 0. The van der Waals surface area contributed by atoms with Gasteiger partial charge in [0.05, 0.1) is 33.9 Å². The largest absolute Gasteiger partial charge is 0.711 e. The Kier molecular flexibility index (Phi) is 6.88. The Hall–Kier alpha value is -3.43. The molecule has 0 N–H and O–H groups in total. The van der Waals surface area contributed by atoms with Crippen molar-refractivity contribution in [3.8, 4) is 0 Å². The first-order valence-electron chi connectivity index (χ1n) is 9.03. The minimum Gasteiger partial charge on any atom is -0.711 e. The first-order valence-corrected chi connectivity index (χ1v) is 10.8. The van der Waals surface area contributed by atoms with Crippen molar-refractivity contribution in [2.24, 2.45) is 0 Å². The van der Waals surface area contributed by atoms with Gasteiger partial charge in [-0.15, -0.1) is 6.58 Å². The number of esters is 1. The van der Waals surface area contributed by atoms with Crippen molar-refractivity contribution >= 4 is 33.3 Å². The molecule has 0 amide bonds. The maximum absolute atomic E-state index is 13.3. The van der Waals surface area contributed by atoms with Gasteiger partial charge in [0.2, 0.25) is 0 Å². The highest BCUT2D eigenvalue weighted by Crippen LogP contribution is 2.27. The lowest BCUT2D eigenvalue weighted by Gasteiger charge is -2.23. The molecular formula is C21H18ClN3O5S. The van der Waals surface area contributed by atoms with Gasteiger partial charge in [0.15, 0.2) is 6.61 Å². The van der Waals surface area contributed by atoms with E-state index in [4.69, 9.17) is 16.3 Å². The molecule has 0 atom stereocenters. The third-order valence-corrected chi connectivity index (χ3v) is 6.32. The highest BCUT2D eigenvalue weighted by molar-refractivity contribution is 7.92. The number of anilines is 1. The molecule has 0 saturated heterocycles. The summed E-state index contributed by atoms with van der Waals surface area (Å²) in [5, 5.41) is 11.6. The van der Waals surface area contributed by atoms with Gasteiger partial charge in [-0.3, -0.25) is 4.31 Å². The summed E-state index contributed by atoms with van der Waals surface area (Å²) in [6, 6.07) is 13.7. The molecule has 0 spiro atoms. The molecule has 31 heavy (non-hydrogen) atoms. The van der Waals surface area contributed by atoms with Crippen LogP contribution in [-0.2, 0) is 21.4 Å². The van der Waals surface area contributed by atoms with Gasteiger partial charge < -0.3 is 9.94 Å². The summed E-state index contributed by atoms with van der Waals surface area (Å²) >= 11 is 6.10. The smallest absolute Gasteiger partial charge is 0.340 e. The molecule has 0 aliphatic rings. The summed E-state index contributed by atoms with van der Waals surface area (Å²) < 4.78 is 33.2. The van der Waals surface area contributed by atoms with Crippen molar-refractivity contribution in [2.75, 3.05) is 10.8 Å². The predicted octanol–water partition coefficient (Wildman–Crippen LogP) is 3.11. The first-order chi connectivity index (χ1) is 14.8. The zero-order valence-corrected chi connectivity index (χ0v) is 17.8. The summed E-state index contributed by atoms with van der Waals surface area (Å²) in [5.74, 6) is -0.917. The minimum absolute atomic E-state index is 0.00922. The van der Waals surface area contributed by atoms with E-state index < -0.39 is 22.6 Å². The number of nitrogens with zero attached hydrogens (tertiary/aromatic N) is 3. The number of carbonyl (C=O) groups is 1. The average Bonchev–Trinajstić information content (AvgIpc) is 2.77. The van der Waals surface area contributed by atoms with Gasteiger partial charge in [-0.25, -0.2) is 17.9 Å². The molecule has 0 saturated carbocycles. The fraction of sp³-hybridized carbons (Fsp3) is 0.0952. The van der Waals surface area contributed by atoms with E-state index in [9.17, 15) is 18.4 Å². The number of benzene rings is 2. The van der Waals surface area contributed by atoms with E-state index in [1.54, 1.807) is 30.3 Å². The van der Waals surface area contributed by atoms with Crippen LogP contribution in [-0.4, -0.2) is 25.9 Å². The summed E-state index contributed by atoms with van der Waals surface area (Å²) in [7, 11) is -4.03. The zero-order valence-electron chi connectivity index (χ0n) is 16.2. The number of halogens is 1. The van der Waals surface area contributed by atoms with Crippen LogP contribution >= 0.6 is 11.6 Å². The van der Waals surface area contributed by atoms with E-state index in [1.165, 1.54) is 36.7 Å². The Balaban J connectivity index is 1.91. The van der Waals surface area contributed by atoms with Crippen LogP contribution in [0.15, 0.2) is 84.5 Å². The molecule has 3 aromatic rings. The van der Waals surface area contributed by atoms with Crippen LogP contribution in [0.2, 0.25) is 5.02 Å². The molecular weight excluding hydrogens is 442 g/mol. The van der Waals surface area contributed by atoms with Crippen LogP contribution < -0.4 is 9.04 Å². The van der Waals surface area contributed by atoms with E-state index in [0.29, 0.717) is 10.4 Å². The lowest BCUT2D eigenvalue weighted by molar-refractivity contribution is -0.620. The summed E-state index contributed by atoms with van der Waals surface area (Å²) in [5.41, 5.74) is 0.291. The molecule has 0 bridgehead atoms. The van der Waals surface area contributed by atoms with Crippen molar-refractivity contribution in [1.29, 1.82) is 0 Å². The van der Waals surface area contributed by atoms with Crippen molar-refractivity contribution < 1.29 is 22.7 Å². The zero-order chi connectivity index (χ0) is 22.4. The van der Waals surface area contributed by atoms with Crippen molar-refractivity contribution in [3.05, 3.63) is 101 Å². The van der Waals surface area contributed by atoms with E-state index in [2.05, 4.69) is 11.6 Å². The maximum Gasteiger partial charge on any atom is 0.340 e. The second-order valence-corrected chi connectivity index (χ2v) is 8.51. The van der Waals surface area contributed by atoms with E-state index in [-0.39, 0.29) is 27.9 Å². The lowest BCUT2D eigenvalue weighted by atomic mass is 10.2. The number of hydrogen-bond acceptors (Lipinski definition) is 6. The maximum atomic E-state index is 13.3.